The highest BCUT2D eigenvalue weighted by Crippen LogP contribution is 2.32. The van der Waals surface area contributed by atoms with E-state index in [0.29, 0.717) is 55.0 Å². The highest BCUT2D eigenvalue weighted by Gasteiger charge is 2.42. The van der Waals surface area contributed by atoms with E-state index in [4.69, 9.17) is 4.74 Å². The largest absolute Gasteiger partial charge is 0.462 e. The van der Waals surface area contributed by atoms with Gasteiger partial charge < -0.3 is 10.1 Å². The maximum Gasteiger partial charge on any atom is 0.228 e. The molecule has 0 unspecified atom stereocenters. The van der Waals surface area contributed by atoms with Crippen LogP contribution in [0.15, 0.2) is 41.7 Å². The van der Waals surface area contributed by atoms with Gasteiger partial charge in [0, 0.05) is 25.5 Å². The van der Waals surface area contributed by atoms with Gasteiger partial charge in [-0.2, -0.15) is 5.10 Å². The fourth-order valence-electron chi connectivity index (χ4n) is 3.94. The molecule has 0 aliphatic carbocycles. The molecule has 170 valence electrons. The summed E-state index contributed by atoms with van der Waals surface area (Å²) >= 11 is 0. The van der Waals surface area contributed by atoms with Gasteiger partial charge in [0.25, 0.3) is 0 Å². The third-order valence-corrected chi connectivity index (χ3v) is 6.77. The fraction of sp³-hybridized carbons (Fsp3) is 0.455. The first-order valence-corrected chi connectivity index (χ1v) is 12.5. The van der Waals surface area contributed by atoms with Crippen LogP contribution in [0.3, 0.4) is 0 Å². The van der Waals surface area contributed by atoms with Crippen molar-refractivity contribution in [3.05, 3.63) is 36.8 Å². The summed E-state index contributed by atoms with van der Waals surface area (Å²) in [4.78, 5) is 22.0. The Morgan fingerprint density at radius 1 is 1.19 bits per heavy atom. The summed E-state index contributed by atoms with van der Waals surface area (Å²) in [5, 5.41) is 8.29. The zero-order valence-corrected chi connectivity index (χ0v) is 19.2. The number of ether oxygens (including phenoxy) is 1. The maximum atomic E-state index is 13.1. The van der Waals surface area contributed by atoms with Crippen LogP contribution in [-0.4, -0.2) is 58.9 Å². The lowest BCUT2D eigenvalue weighted by atomic mass is 9.84. The Balaban J connectivity index is 1.70. The van der Waals surface area contributed by atoms with Crippen molar-refractivity contribution in [2.24, 2.45) is 5.92 Å². The zero-order chi connectivity index (χ0) is 22.9. The number of sulfone groups is 1. The van der Waals surface area contributed by atoms with E-state index < -0.39 is 15.4 Å². The number of benzene rings is 1. The number of rotatable bonds is 7. The number of carbonyl (C=O) groups is 1. The van der Waals surface area contributed by atoms with Crippen LogP contribution in [0.4, 0.5) is 0 Å². The number of ketones is 1. The average Bonchev–Trinajstić information content (AvgIpc) is 3.19. The Morgan fingerprint density at radius 2 is 1.88 bits per heavy atom. The first-order valence-electron chi connectivity index (χ1n) is 10.6. The second kappa shape index (κ2) is 8.59. The zero-order valence-electron chi connectivity index (χ0n) is 18.4. The van der Waals surface area contributed by atoms with Crippen LogP contribution in [0.1, 0.15) is 33.1 Å². The van der Waals surface area contributed by atoms with Crippen molar-refractivity contribution in [1.29, 1.82) is 0 Å². The van der Waals surface area contributed by atoms with Crippen molar-refractivity contribution in [3.63, 3.8) is 0 Å². The van der Waals surface area contributed by atoms with Crippen molar-refractivity contribution in [3.8, 4) is 11.6 Å². The van der Waals surface area contributed by atoms with Gasteiger partial charge in [-0.25, -0.2) is 23.1 Å². The van der Waals surface area contributed by atoms with Crippen LogP contribution in [0.5, 0.6) is 5.88 Å². The molecular weight excluding hydrogens is 430 g/mol. The lowest BCUT2D eigenvalue weighted by Crippen LogP contribution is -2.52. The van der Waals surface area contributed by atoms with Crippen LogP contribution in [-0.2, 0) is 14.6 Å². The van der Waals surface area contributed by atoms with E-state index in [0.717, 1.165) is 0 Å². The predicted octanol–water partition coefficient (Wildman–Crippen LogP) is 2.34. The van der Waals surface area contributed by atoms with Gasteiger partial charge in [-0.1, -0.05) is 13.8 Å². The van der Waals surface area contributed by atoms with Crippen molar-refractivity contribution in [2.75, 3.05) is 19.3 Å². The maximum absolute atomic E-state index is 13.1. The molecule has 0 radical (unpaired) electrons. The molecule has 10 heteroatoms. The van der Waals surface area contributed by atoms with Gasteiger partial charge in [0.05, 0.1) is 16.8 Å². The molecule has 1 aliphatic heterocycles. The molecule has 1 aromatic carbocycles. The number of hydrogen-bond donors (Lipinski definition) is 1. The SMILES string of the molecule is CC(C)CC(=O)C1(Oc2ncnc3c2cnn3-c2ccc(S(C)(=O)=O)cc2)CCNCC1. The number of piperidine rings is 1. The highest BCUT2D eigenvalue weighted by atomic mass is 32.2. The van der Waals surface area contributed by atoms with E-state index in [-0.39, 0.29) is 16.6 Å². The first kappa shape index (κ1) is 22.3. The standard InChI is InChI=1S/C22H27N5O4S/c1-15(2)12-19(28)22(8-10-23-11-9-22)31-21-18-13-26-27(20(18)24-14-25-21)16-4-6-17(7-5-16)32(3,29)30/h4-7,13-15,23H,8-12H2,1-3H3. The molecular formula is C22H27N5O4S. The topological polar surface area (TPSA) is 116 Å². The molecule has 3 aromatic rings. The minimum atomic E-state index is -3.29. The molecule has 32 heavy (non-hydrogen) atoms. The van der Waals surface area contributed by atoms with Gasteiger partial charge >= 0.3 is 0 Å². The van der Waals surface area contributed by atoms with Crippen molar-refractivity contribution >= 4 is 26.7 Å². The van der Waals surface area contributed by atoms with Gasteiger partial charge in [0.1, 0.15) is 11.7 Å². The first-order chi connectivity index (χ1) is 15.2. The van der Waals surface area contributed by atoms with Crippen LogP contribution >= 0.6 is 0 Å². The molecule has 1 saturated heterocycles. The number of carbonyl (C=O) groups excluding carboxylic acids is 1. The summed E-state index contributed by atoms with van der Waals surface area (Å²) in [5.74, 6) is 0.651. The third kappa shape index (κ3) is 4.37. The Bertz CT molecular complexity index is 1230. The van der Waals surface area contributed by atoms with Crippen molar-refractivity contribution in [2.45, 2.75) is 43.6 Å². The van der Waals surface area contributed by atoms with Crippen LogP contribution < -0.4 is 10.1 Å². The molecule has 2 aromatic heterocycles. The van der Waals surface area contributed by atoms with E-state index in [2.05, 4.69) is 20.4 Å². The monoisotopic (exact) mass is 457 g/mol. The Morgan fingerprint density at radius 3 is 2.50 bits per heavy atom. The molecule has 9 nitrogen and oxygen atoms in total. The molecule has 0 saturated carbocycles. The molecule has 3 heterocycles. The van der Waals surface area contributed by atoms with Crippen LogP contribution in [0, 0.1) is 5.92 Å². The van der Waals surface area contributed by atoms with E-state index in [1.54, 1.807) is 23.0 Å². The fourth-order valence-corrected chi connectivity index (χ4v) is 4.57. The second-order valence-electron chi connectivity index (χ2n) is 8.61. The molecule has 0 spiro atoms. The predicted molar refractivity (Wildman–Crippen MR) is 120 cm³/mol. The number of nitrogens with zero attached hydrogens (tertiary/aromatic N) is 4. The van der Waals surface area contributed by atoms with Gasteiger partial charge in [-0.15, -0.1) is 0 Å². The van der Waals surface area contributed by atoms with Crippen molar-refractivity contribution < 1.29 is 17.9 Å². The Kier molecular flexibility index (Phi) is 6.00. The van der Waals surface area contributed by atoms with Gasteiger partial charge in [-0.3, -0.25) is 4.79 Å². The Hall–Kier alpha value is -2.85. The number of Topliss-reactive ketones (excluding diaryl/α,β-unsaturated/α-hetero) is 1. The number of fused-ring (bicyclic) bond motifs is 1. The van der Waals surface area contributed by atoms with Crippen molar-refractivity contribution in [1.82, 2.24) is 25.1 Å². The summed E-state index contributed by atoms with van der Waals surface area (Å²) in [5.41, 5.74) is 0.253. The Labute approximate surface area is 187 Å². The van der Waals surface area contributed by atoms with Gasteiger partial charge in [-0.05, 0) is 43.3 Å². The summed E-state index contributed by atoms with van der Waals surface area (Å²) in [6, 6.07) is 6.41. The van der Waals surface area contributed by atoms with Gasteiger partial charge in [0.15, 0.2) is 26.9 Å². The van der Waals surface area contributed by atoms with Crippen LogP contribution in [0.2, 0.25) is 0 Å². The van der Waals surface area contributed by atoms with E-state index in [1.807, 2.05) is 13.8 Å². The second-order valence-corrected chi connectivity index (χ2v) is 10.6. The number of aromatic nitrogens is 4. The minimum absolute atomic E-state index is 0.0875. The lowest BCUT2D eigenvalue weighted by molar-refractivity contribution is -0.137. The normalized spacial score (nSPS) is 16.4. The van der Waals surface area contributed by atoms with Gasteiger partial charge in [0.2, 0.25) is 5.88 Å². The molecule has 1 aliphatic rings. The number of hydrogen-bond acceptors (Lipinski definition) is 8. The smallest absolute Gasteiger partial charge is 0.228 e. The number of nitrogens with one attached hydrogen (secondary N) is 1. The minimum Gasteiger partial charge on any atom is -0.462 e. The van der Waals surface area contributed by atoms with E-state index in [1.165, 1.54) is 24.7 Å². The summed E-state index contributed by atoms with van der Waals surface area (Å²) < 4.78 is 31.4. The molecule has 0 bridgehead atoms. The third-order valence-electron chi connectivity index (χ3n) is 5.64. The quantitative estimate of drug-likeness (QED) is 0.575. The molecule has 4 rings (SSSR count). The summed E-state index contributed by atoms with van der Waals surface area (Å²) in [7, 11) is -3.29. The molecule has 1 N–H and O–H groups in total. The van der Waals surface area contributed by atoms with Crippen LogP contribution in [0.25, 0.3) is 16.7 Å². The van der Waals surface area contributed by atoms with E-state index in [9.17, 15) is 13.2 Å². The highest BCUT2D eigenvalue weighted by molar-refractivity contribution is 7.90. The van der Waals surface area contributed by atoms with E-state index >= 15 is 0 Å². The summed E-state index contributed by atoms with van der Waals surface area (Å²) in [6.07, 6.45) is 5.76. The molecule has 0 atom stereocenters. The average molecular weight is 458 g/mol. The summed E-state index contributed by atoms with van der Waals surface area (Å²) in [6.45, 7) is 5.44. The molecule has 1 fully saturated rings. The lowest BCUT2D eigenvalue weighted by Gasteiger charge is -2.36. The molecule has 0 amide bonds.